The number of rotatable bonds is 6. The summed E-state index contributed by atoms with van der Waals surface area (Å²) in [6, 6.07) is 14.4. The van der Waals surface area contributed by atoms with Crippen molar-refractivity contribution < 1.29 is 9.59 Å². The van der Waals surface area contributed by atoms with E-state index in [1.54, 1.807) is 24.3 Å². The Morgan fingerprint density at radius 3 is 2.60 bits per heavy atom. The summed E-state index contributed by atoms with van der Waals surface area (Å²) < 4.78 is 0. The van der Waals surface area contributed by atoms with Gasteiger partial charge in [0.1, 0.15) is 5.82 Å². The molecule has 7 heteroatoms. The van der Waals surface area contributed by atoms with Crippen molar-refractivity contribution in [1.29, 1.82) is 0 Å². The van der Waals surface area contributed by atoms with Crippen molar-refractivity contribution in [3.8, 4) is 0 Å². The molecule has 0 saturated carbocycles. The molecule has 25 heavy (non-hydrogen) atoms. The van der Waals surface area contributed by atoms with Crippen LogP contribution >= 0.6 is 11.6 Å². The van der Waals surface area contributed by atoms with Gasteiger partial charge in [-0.3, -0.25) is 9.59 Å². The topological polar surface area (TPSA) is 86.9 Å². The molecule has 1 heterocycles. The number of benzene rings is 2. The van der Waals surface area contributed by atoms with Gasteiger partial charge in [-0.1, -0.05) is 35.9 Å². The van der Waals surface area contributed by atoms with Crippen LogP contribution in [0.3, 0.4) is 0 Å². The first kappa shape index (κ1) is 17.0. The molecule has 3 N–H and O–H groups in total. The third-order valence-corrected chi connectivity index (χ3v) is 3.98. The van der Waals surface area contributed by atoms with Crippen LogP contribution in [-0.2, 0) is 11.3 Å². The minimum absolute atomic E-state index is 0.167. The van der Waals surface area contributed by atoms with Gasteiger partial charge in [-0.2, -0.15) is 0 Å². The van der Waals surface area contributed by atoms with E-state index in [9.17, 15) is 9.59 Å². The van der Waals surface area contributed by atoms with Gasteiger partial charge in [-0.25, -0.2) is 4.98 Å². The van der Waals surface area contributed by atoms with Crippen LogP contribution in [0.15, 0.2) is 48.5 Å². The average molecular weight is 357 g/mol. The number of hydrogen-bond acceptors (Lipinski definition) is 3. The Morgan fingerprint density at radius 2 is 1.80 bits per heavy atom. The fourth-order valence-corrected chi connectivity index (χ4v) is 2.61. The molecule has 0 radical (unpaired) electrons. The molecule has 0 aliphatic rings. The molecule has 0 aliphatic carbocycles. The van der Waals surface area contributed by atoms with E-state index in [2.05, 4.69) is 20.6 Å². The van der Waals surface area contributed by atoms with Crippen molar-refractivity contribution in [2.75, 3.05) is 6.54 Å². The number of carbonyl (C=O) groups excluding carboxylic acids is 2. The fourth-order valence-electron chi connectivity index (χ4n) is 2.39. The summed E-state index contributed by atoms with van der Waals surface area (Å²) in [5.41, 5.74) is 2.18. The van der Waals surface area contributed by atoms with E-state index in [1.165, 1.54) is 0 Å². The second-order valence-corrected chi connectivity index (χ2v) is 5.87. The normalized spacial score (nSPS) is 10.6. The van der Waals surface area contributed by atoms with Crippen LogP contribution in [0.25, 0.3) is 11.0 Å². The van der Waals surface area contributed by atoms with E-state index in [4.69, 9.17) is 11.6 Å². The maximum Gasteiger partial charge on any atom is 0.252 e. The van der Waals surface area contributed by atoms with Crippen LogP contribution < -0.4 is 10.6 Å². The zero-order valence-electron chi connectivity index (χ0n) is 13.4. The molecule has 0 unspecified atom stereocenters. The Balaban J connectivity index is 1.44. The molecule has 6 nitrogen and oxygen atoms in total. The number of nitrogens with one attached hydrogen (secondary N) is 3. The fraction of sp³-hybridized carbons (Fsp3) is 0.167. The largest absolute Gasteiger partial charge is 0.351 e. The quantitative estimate of drug-likeness (QED) is 0.634. The van der Waals surface area contributed by atoms with Gasteiger partial charge in [0.25, 0.3) is 5.91 Å². The van der Waals surface area contributed by atoms with Gasteiger partial charge < -0.3 is 15.6 Å². The number of hydrogen-bond donors (Lipinski definition) is 3. The molecular formula is C18H17ClN4O2. The summed E-state index contributed by atoms with van der Waals surface area (Å²) in [5, 5.41) is 5.84. The molecule has 0 aliphatic heterocycles. The second-order valence-electron chi connectivity index (χ2n) is 5.46. The molecule has 0 spiro atoms. The van der Waals surface area contributed by atoms with E-state index in [-0.39, 0.29) is 24.8 Å². The number of fused-ring (bicyclic) bond motifs is 1. The molecule has 1 aromatic heterocycles. The SMILES string of the molecule is O=C(CCNC(=O)c1ccccc1Cl)NCc1nc2ccccc2[nH]1. The molecule has 0 bridgehead atoms. The maximum atomic E-state index is 12.0. The van der Waals surface area contributed by atoms with E-state index in [0.29, 0.717) is 23.0 Å². The van der Waals surface area contributed by atoms with Gasteiger partial charge in [0.2, 0.25) is 5.91 Å². The molecule has 3 rings (SSSR count). The standard InChI is InChI=1S/C18H17ClN4O2/c19-13-6-2-1-5-12(13)18(25)20-10-9-17(24)21-11-16-22-14-7-3-4-8-15(14)23-16/h1-8H,9-11H2,(H,20,25)(H,21,24)(H,22,23). The molecule has 2 amide bonds. The first-order valence-corrected chi connectivity index (χ1v) is 8.24. The van der Waals surface area contributed by atoms with Crippen molar-refractivity contribution in [3.63, 3.8) is 0 Å². The van der Waals surface area contributed by atoms with Crippen molar-refractivity contribution in [2.45, 2.75) is 13.0 Å². The lowest BCUT2D eigenvalue weighted by Gasteiger charge is -2.07. The van der Waals surface area contributed by atoms with Crippen LogP contribution in [0.4, 0.5) is 0 Å². The number of nitrogens with zero attached hydrogens (tertiary/aromatic N) is 1. The lowest BCUT2D eigenvalue weighted by Crippen LogP contribution is -2.30. The number of carbonyl (C=O) groups is 2. The van der Waals surface area contributed by atoms with Crippen molar-refractivity contribution in [1.82, 2.24) is 20.6 Å². The minimum Gasteiger partial charge on any atom is -0.351 e. The van der Waals surface area contributed by atoms with E-state index in [0.717, 1.165) is 11.0 Å². The Bertz CT molecular complexity index is 874. The molecule has 0 saturated heterocycles. The summed E-state index contributed by atoms with van der Waals surface area (Å²) in [6.45, 7) is 0.544. The van der Waals surface area contributed by atoms with Crippen LogP contribution in [0.2, 0.25) is 5.02 Å². The number of aromatic nitrogens is 2. The van der Waals surface area contributed by atoms with Crippen molar-refractivity contribution in [2.24, 2.45) is 0 Å². The van der Waals surface area contributed by atoms with E-state index >= 15 is 0 Å². The third kappa shape index (κ3) is 4.36. The van der Waals surface area contributed by atoms with Crippen LogP contribution in [0, 0.1) is 0 Å². The summed E-state index contributed by atoms with van der Waals surface area (Å²) in [7, 11) is 0. The number of H-pyrrole nitrogens is 1. The highest BCUT2D eigenvalue weighted by molar-refractivity contribution is 6.33. The van der Waals surface area contributed by atoms with Crippen LogP contribution in [0.1, 0.15) is 22.6 Å². The minimum atomic E-state index is -0.296. The molecule has 0 atom stereocenters. The predicted molar refractivity (Wildman–Crippen MR) is 96.3 cm³/mol. The summed E-state index contributed by atoms with van der Waals surface area (Å²) in [5.74, 6) is 0.227. The molecular weight excluding hydrogens is 340 g/mol. The summed E-state index contributed by atoms with van der Waals surface area (Å²) >= 11 is 5.96. The Labute approximate surface area is 149 Å². The van der Waals surface area contributed by atoms with Gasteiger partial charge in [0.05, 0.1) is 28.2 Å². The molecule has 3 aromatic rings. The second kappa shape index (κ2) is 7.81. The number of imidazole rings is 1. The summed E-state index contributed by atoms with van der Waals surface area (Å²) in [4.78, 5) is 31.4. The Morgan fingerprint density at radius 1 is 1.04 bits per heavy atom. The van der Waals surface area contributed by atoms with E-state index < -0.39 is 0 Å². The zero-order chi connectivity index (χ0) is 17.6. The third-order valence-electron chi connectivity index (χ3n) is 3.65. The highest BCUT2D eigenvalue weighted by Crippen LogP contribution is 2.14. The number of amides is 2. The maximum absolute atomic E-state index is 12.0. The Kier molecular flexibility index (Phi) is 5.30. The van der Waals surface area contributed by atoms with Gasteiger partial charge in [-0.05, 0) is 24.3 Å². The van der Waals surface area contributed by atoms with Crippen molar-refractivity contribution in [3.05, 3.63) is 64.9 Å². The highest BCUT2D eigenvalue weighted by atomic mass is 35.5. The van der Waals surface area contributed by atoms with Crippen molar-refractivity contribution >= 4 is 34.4 Å². The Hall–Kier alpha value is -2.86. The van der Waals surface area contributed by atoms with Crippen LogP contribution in [0.5, 0.6) is 0 Å². The van der Waals surface area contributed by atoms with E-state index in [1.807, 2.05) is 24.3 Å². The van der Waals surface area contributed by atoms with Gasteiger partial charge in [0, 0.05) is 13.0 Å². The first-order chi connectivity index (χ1) is 12.1. The number of para-hydroxylation sites is 2. The van der Waals surface area contributed by atoms with Gasteiger partial charge >= 0.3 is 0 Å². The number of halogens is 1. The predicted octanol–water partition coefficient (Wildman–Crippen LogP) is 2.65. The lowest BCUT2D eigenvalue weighted by atomic mass is 10.2. The molecule has 2 aromatic carbocycles. The monoisotopic (exact) mass is 356 g/mol. The zero-order valence-corrected chi connectivity index (χ0v) is 14.1. The summed E-state index contributed by atoms with van der Waals surface area (Å²) in [6.07, 6.45) is 0.177. The first-order valence-electron chi connectivity index (χ1n) is 7.86. The van der Waals surface area contributed by atoms with Crippen LogP contribution in [-0.4, -0.2) is 28.3 Å². The molecule has 128 valence electrons. The average Bonchev–Trinajstić information content (AvgIpc) is 3.03. The number of aromatic amines is 1. The molecule has 0 fully saturated rings. The lowest BCUT2D eigenvalue weighted by molar-refractivity contribution is -0.121. The van der Waals surface area contributed by atoms with Gasteiger partial charge in [-0.15, -0.1) is 0 Å². The van der Waals surface area contributed by atoms with Gasteiger partial charge in [0.15, 0.2) is 0 Å². The highest BCUT2D eigenvalue weighted by Gasteiger charge is 2.10. The smallest absolute Gasteiger partial charge is 0.252 e.